The third-order valence-electron chi connectivity index (χ3n) is 4.85. The molecular weight excluding hydrogens is 352 g/mol. The van der Waals surface area contributed by atoms with Crippen molar-refractivity contribution in [2.45, 2.75) is 34.1 Å². The normalized spacial score (nSPS) is 16.9. The van der Waals surface area contributed by atoms with E-state index in [2.05, 4.69) is 74.3 Å². The van der Waals surface area contributed by atoms with Crippen molar-refractivity contribution in [3.63, 3.8) is 0 Å². The lowest BCUT2D eigenvalue weighted by Crippen LogP contribution is -2.38. The molecule has 27 heavy (non-hydrogen) atoms. The SMILES string of the molecule is CCN1CC(C(C)(C)C)=Nc2cc(N(C)SC3=CC=C(N)C=CC3)ccc21. The Bertz CT molecular complexity index is 827. The molecule has 1 aromatic carbocycles. The van der Waals surface area contributed by atoms with Crippen molar-refractivity contribution in [1.82, 2.24) is 0 Å². The van der Waals surface area contributed by atoms with Crippen molar-refractivity contribution >= 4 is 34.7 Å². The van der Waals surface area contributed by atoms with Crippen LogP contribution in [-0.2, 0) is 0 Å². The molecule has 0 saturated carbocycles. The van der Waals surface area contributed by atoms with E-state index in [0.29, 0.717) is 0 Å². The summed E-state index contributed by atoms with van der Waals surface area (Å²) in [5, 5.41) is 0. The van der Waals surface area contributed by atoms with Gasteiger partial charge in [0.25, 0.3) is 0 Å². The van der Waals surface area contributed by atoms with E-state index in [1.807, 2.05) is 12.2 Å². The van der Waals surface area contributed by atoms with E-state index in [9.17, 15) is 0 Å². The van der Waals surface area contributed by atoms with Gasteiger partial charge in [-0.3, -0.25) is 4.99 Å². The summed E-state index contributed by atoms with van der Waals surface area (Å²) in [4.78, 5) is 8.69. The highest BCUT2D eigenvalue weighted by Crippen LogP contribution is 2.40. The standard InChI is InChI=1S/C22H30N4S/c1-6-26-15-21(22(2,3)4)24-19-14-17(11-13-20(19)26)25(5)27-18-9-7-8-16(23)10-12-18/h7-8,10-14H,6,9,15,23H2,1-5H3. The van der Waals surface area contributed by atoms with Gasteiger partial charge in [-0.2, -0.15) is 0 Å². The van der Waals surface area contributed by atoms with Crippen molar-refractivity contribution in [3.8, 4) is 0 Å². The highest BCUT2D eigenvalue weighted by Gasteiger charge is 2.26. The second-order valence-electron chi connectivity index (χ2n) is 7.99. The fourth-order valence-corrected chi connectivity index (χ4v) is 3.99. The zero-order valence-electron chi connectivity index (χ0n) is 17.0. The molecule has 1 heterocycles. The Hall–Kier alpha value is -2.14. The van der Waals surface area contributed by atoms with Crippen LogP contribution in [0.2, 0.25) is 0 Å². The molecule has 3 rings (SSSR count). The monoisotopic (exact) mass is 382 g/mol. The number of hydrogen-bond acceptors (Lipinski definition) is 5. The maximum absolute atomic E-state index is 5.88. The molecule has 1 aromatic rings. The summed E-state index contributed by atoms with van der Waals surface area (Å²) in [6, 6.07) is 6.59. The third-order valence-corrected chi connectivity index (χ3v) is 5.87. The fourth-order valence-electron chi connectivity index (χ4n) is 3.12. The number of benzene rings is 1. The second kappa shape index (κ2) is 7.85. The average molecular weight is 383 g/mol. The molecule has 0 radical (unpaired) electrons. The summed E-state index contributed by atoms with van der Waals surface area (Å²) in [6.07, 6.45) is 9.03. The van der Waals surface area contributed by atoms with Crippen LogP contribution in [0.5, 0.6) is 0 Å². The van der Waals surface area contributed by atoms with Crippen LogP contribution in [0.15, 0.2) is 58.1 Å². The number of hydrogen-bond donors (Lipinski definition) is 1. The van der Waals surface area contributed by atoms with Crippen LogP contribution in [0, 0.1) is 5.41 Å². The van der Waals surface area contributed by atoms with Crippen molar-refractivity contribution in [1.29, 1.82) is 0 Å². The van der Waals surface area contributed by atoms with E-state index in [0.717, 1.165) is 36.6 Å². The first-order chi connectivity index (χ1) is 12.8. The molecule has 0 fully saturated rings. The second-order valence-corrected chi connectivity index (χ2v) is 9.25. The zero-order chi connectivity index (χ0) is 19.6. The van der Waals surface area contributed by atoms with Gasteiger partial charge in [0.1, 0.15) is 0 Å². The van der Waals surface area contributed by atoms with E-state index in [-0.39, 0.29) is 5.41 Å². The minimum atomic E-state index is 0.0749. The van der Waals surface area contributed by atoms with Gasteiger partial charge in [-0.25, -0.2) is 0 Å². The molecule has 0 unspecified atom stereocenters. The largest absolute Gasteiger partial charge is 0.399 e. The predicted molar refractivity (Wildman–Crippen MR) is 121 cm³/mol. The van der Waals surface area contributed by atoms with Gasteiger partial charge < -0.3 is 14.9 Å². The summed E-state index contributed by atoms with van der Waals surface area (Å²) < 4.78 is 2.20. The number of aliphatic imine (C=N–C) groups is 1. The molecule has 0 amide bonds. The summed E-state index contributed by atoms with van der Waals surface area (Å²) in [5.41, 5.74) is 11.4. The topological polar surface area (TPSA) is 44.9 Å². The average Bonchev–Trinajstić information content (AvgIpc) is 2.83. The Kier molecular flexibility index (Phi) is 5.70. The number of nitrogens with zero attached hydrogens (tertiary/aromatic N) is 3. The maximum Gasteiger partial charge on any atom is 0.0884 e. The van der Waals surface area contributed by atoms with E-state index in [1.54, 1.807) is 11.9 Å². The number of rotatable bonds is 4. The van der Waals surface area contributed by atoms with Crippen molar-refractivity contribution in [3.05, 3.63) is 53.1 Å². The van der Waals surface area contributed by atoms with Gasteiger partial charge in [-0.05, 0) is 61.7 Å². The van der Waals surface area contributed by atoms with Crippen molar-refractivity contribution in [2.24, 2.45) is 16.1 Å². The van der Waals surface area contributed by atoms with E-state index < -0.39 is 0 Å². The molecule has 0 spiro atoms. The predicted octanol–water partition coefficient (Wildman–Crippen LogP) is 5.42. The Labute approximate surface area is 167 Å². The van der Waals surface area contributed by atoms with Crippen LogP contribution < -0.4 is 14.9 Å². The van der Waals surface area contributed by atoms with Gasteiger partial charge in [0, 0.05) is 41.0 Å². The summed E-state index contributed by atoms with van der Waals surface area (Å²) in [5.74, 6) is 0. The Morgan fingerprint density at radius 1 is 1.26 bits per heavy atom. The lowest BCUT2D eigenvalue weighted by Gasteiger charge is -2.34. The first kappa shape index (κ1) is 19.6. The first-order valence-corrected chi connectivity index (χ1v) is 10.3. The molecule has 4 nitrogen and oxygen atoms in total. The van der Waals surface area contributed by atoms with Crippen LogP contribution in [0.1, 0.15) is 34.1 Å². The number of allylic oxidation sites excluding steroid dienone is 5. The summed E-state index contributed by atoms with van der Waals surface area (Å²) >= 11 is 1.73. The van der Waals surface area contributed by atoms with Gasteiger partial charge in [0.05, 0.1) is 17.9 Å². The minimum Gasteiger partial charge on any atom is -0.399 e. The van der Waals surface area contributed by atoms with Gasteiger partial charge in [-0.15, -0.1) is 0 Å². The molecule has 1 aliphatic carbocycles. The Morgan fingerprint density at radius 3 is 2.74 bits per heavy atom. The molecule has 1 aliphatic heterocycles. The highest BCUT2D eigenvalue weighted by molar-refractivity contribution is 8.04. The number of anilines is 2. The van der Waals surface area contributed by atoms with Gasteiger partial charge in [0.15, 0.2) is 0 Å². The van der Waals surface area contributed by atoms with Crippen molar-refractivity contribution < 1.29 is 0 Å². The smallest absolute Gasteiger partial charge is 0.0884 e. The third kappa shape index (κ3) is 4.59. The quantitative estimate of drug-likeness (QED) is 0.707. The summed E-state index contributed by atoms with van der Waals surface area (Å²) in [7, 11) is 2.10. The number of nitrogens with two attached hydrogens (primary N) is 1. The Morgan fingerprint density at radius 2 is 2.04 bits per heavy atom. The first-order valence-electron chi connectivity index (χ1n) is 9.49. The molecule has 2 aliphatic rings. The van der Waals surface area contributed by atoms with E-state index >= 15 is 0 Å². The lowest BCUT2D eigenvalue weighted by atomic mass is 9.88. The maximum atomic E-state index is 5.88. The molecule has 0 bridgehead atoms. The molecular formula is C22H30N4S. The number of fused-ring (bicyclic) bond motifs is 1. The lowest BCUT2D eigenvalue weighted by molar-refractivity contribution is 0.578. The van der Waals surface area contributed by atoms with Crippen LogP contribution in [0.3, 0.4) is 0 Å². The molecule has 144 valence electrons. The molecule has 0 atom stereocenters. The van der Waals surface area contributed by atoms with Gasteiger partial charge in [0.2, 0.25) is 0 Å². The summed E-state index contributed by atoms with van der Waals surface area (Å²) in [6.45, 7) is 10.8. The highest BCUT2D eigenvalue weighted by atomic mass is 32.2. The zero-order valence-corrected chi connectivity index (χ0v) is 17.8. The van der Waals surface area contributed by atoms with Crippen molar-refractivity contribution in [2.75, 3.05) is 29.3 Å². The van der Waals surface area contributed by atoms with Crippen LogP contribution in [0.25, 0.3) is 0 Å². The molecule has 0 aromatic heterocycles. The van der Waals surface area contributed by atoms with E-state index in [4.69, 9.17) is 10.7 Å². The van der Waals surface area contributed by atoms with Gasteiger partial charge in [-0.1, -0.05) is 26.8 Å². The molecule has 0 saturated heterocycles. The Balaban J connectivity index is 1.87. The van der Waals surface area contributed by atoms with Crippen LogP contribution in [0.4, 0.5) is 17.1 Å². The van der Waals surface area contributed by atoms with E-state index in [1.165, 1.54) is 16.3 Å². The minimum absolute atomic E-state index is 0.0749. The van der Waals surface area contributed by atoms with Gasteiger partial charge >= 0.3 is 0 Å². The molecule has 5 heteroatoms. The van der Waals surface area contributed by atoms with Crippen LogP contribution in [-0.4, -0.2) is 25.8 Å². The van der Waals surface area contributed by atoms with Crippen LogP contribution >= 0.6 is 11.9 Å². The fraction of sp³-hybridized carbons (Fsp3) is 0.409. The molecule has 2 N–H and O–H groups in total.